The highest BCUT2D eigenvalue weighted by Gasteiger charge is 2.44. The highest BCUT2D eigenvalue weighted by Crippen LogP contribution is 2.34. The zero-order chi connectivity index (χ0) is 40.3. The Morgan fingerprint density at radius 2 is 1.54 bits per heavy atom. The van der Waals surface area contributed by atoms with Crippen molar-refractivity contribution in [3.8, 4) is 0 Å². The number of nitrogens with one attached hydrogen (secondary N) is 2. The molecule has 304 valence electrons. The first-order chi connectivity index (χ1) is 25.5. The molecule has 13 heteroatoms. The van der Waals surface area contributed by atoms with E-state index in [1.807, 2.05) is 77.0 Å². The average Bonchev–Trinajstić information content (AvgIpc) is 3.63. The van der Waals surface area contributed by atoms with E-state index in [4.69, 9.17) is 9.47 Å². The molecule has 0 spiro atoms. The second kappa shape index (κ2) is 20.4. The monoisotopic (exact) mass is 757 g/mol. The van der Waals surface area contributed by atoms with Crippen molar-refractivity contribution in [3.63, 3.8) is 0 Å². The minimum absolute atomic E-state index is 0.0212. The van der Waals surface area contributed by atoms with E-state index in [2.05, 4.69) is 10.6 Å². The largest absolute Gasteiger partial charge is 0.480 e. The van der Waals surface area contributed by atoms with E-state index in [9.17, 15) is 29.1 Å². The minimum Gasteiger partial charge on any atom is -0.480 e. The van der Waals surface area contributed by atoms with Crippen molar-refractivity contribution in [2.45, 2.75) is 134 Å². The van der Waals surface area contributed by atoms with Gasteiger partial charge in [0.05, 0.1) is 42.2 Å². The number of carbonyl (C=O) groups excluding carboxylic acids is 4. The fourth-order valence-electron chi connectivity index (χ4n) is 8.02. The van der Waals surface area contributed by atoms with Crippen molar-refractivity contribution >= 4 is 29.6 Å². The van der Waals surface area contributed by atoms with Crippen LogP contribution in [0.25, 0.3) is 0 Å². The predicted molar refractivity (Wildman–Crippen MR) is 207 cm³/mol. The van der Waals surface area contributed by atoms with Gasteiger partial charge in [-0.3, -0.25) is 24.1 Å². The number of methoxy groups -OCH3 is 2. The molecule has 1 aliphatic carbocycles. The third-order valence-corrected chi connectivity index (χ3v) is 12.0. The van der Waals surface area contributed by atoms with Crippen LogP contribution in [0.3, 0.4) is 0 Å². The average molecular weight is 758 g/mol. The van der Waals surface area contributed by atoms with Crippen LogP contribution in [-0.4, -0.2) is 133 Å². The summed E-state index contributed by atoms with van der Waals surface area (Å²) in [6, 6.07) is 6.41. The molecule has 7 atom stereocenters. The topological polar surface area (TPSA) is 158 Å². The maximum atomic E-state index is 14.4. The van der Waals surface area contributed by atoms with Crippen LogP contribution in [0.15, 0.2) is 30.3 Å². The number of hydrogen-bond acceptors (Lipinski definition) is 8. The van der Waals surface area contributed by atoms with Gasteiger partial charge in [-0.2, -0.15) is 0 Å². The number of carbonyl (C=O) groups is 5. The van der Waals surface area contributed by atoms with E-state index in [0.717, 1.165) is 44.1 Å². The zero-order valence-corrected chi connectivity index (χ0v) is 34.3. The number of aliphatic carboxylic acids is 1. The quantitative estimate of drug-likeness (QED) is 0.191. The Bertz CT molecular complexity index is 1400. The number of carboxylic acids is 1. The molecule has 1 aromatic carbocycles. The molecule has 0 bridgehead atoms. The van der Waals surface area contributed by atoms with Gasteiger partial charge in [-0.1, -0.05) is 70.4 Å². The minimum atomic E-state index is -1.13. The van der Waals surface area contributed by atoms with Crippen LogP contribution in [-0.2, 0) is 39.9 Å². The maximum absolute atomic E-state index is 14.4. The summed E-state index contributed by atoms with van der Waals surface area (Å²) in [5.74, 6) is -3.04. The van der Waals surface area contributed by atoms with Crippen LogP contribution < -0.4 is 10.6 Å². The fourth-order valence-corrected chi connectivity index (χ4v) is 8.02. The molecule has 1 heterocycles. The summed E-state index contributed by atoms with van der Waals surface area (Å²) in [5, 5.41) is 15.6. The van der Waals surface area contributed by atoms with Gasteiger partial charge in [-0.05, 0) is 71.0 Å². The lowest BCUT2D eigenvalue weighted by molar-refractivity contribution is -0.149. The fraction of sp³-hybridized carbons (Fsp3) is 0.732. The van der Waals surface area contributed by atoms with Gasteiger partial charge < -0.3 is 35.0 Å². The Balaban J connectivity index is 1.81. The van der Waals surface area contributed by atoms with Crippen LogP contribution in [0.1, 0.15) is 91.5 Å². The summed E-state index contributed by atoms with van der Waals surface area (Å²) < 4.78 is 12.0. The van der Waals surface area contributed by atoms with Crippen molar-refractivity contribution in [1.82, 2.24) is 25.3 Å². The number of carboxylic acid groups (broad SMARTS) is 1. The van der Waals surface area contributed by atoms with Gasteiger partial charge in [-0.15, -0.1) is 0 Å². The molecule has 3 rings (SSSR count). The molecule has 1 saturated heterocycles. The Labute approximate surface area is 322 Å². The molecule has 1 aliphatic heterocycles. The molecule has 54 heavy (non-hydrogen) atoms. The van der Waals surface area contributed by atoms with Gasteiger partial charge in [0, 0.05) is 34.2 Å². The normalized spacial score (nSPS) is 20.1. The SMILES string of the molecule is CO[C@H]([C@@H](C)C(=O)N[C@@H](Cc1ccccc1)C(=O)O)[C@@H]1CCCN1C(=O)C[C@@H](OC)[C@H](C1CCCCC1)N(C)C(=O)[C@@H](NC(=O)C(C)(C)N(C)C)C(C)C. The maximum Gasteiger partial charge on any atom is 0.326 e. The highest BCUT2D eigenvalue weighted by molar-refractivity contribution is 5.92. The van der Waals surface area contributed by atoms with Crippen molar-refractivity contribution in [3.05, 3.63) is 35.9 Å². The summed E-state index contributed by atoms with van der Waals surface area (Å²) in [5.41, 5.74) is -0.0426. The molecule has 0 radical (unpaired) electrons. The smallest absolute Gasteiger partial charge is 0.326 e. The first kappa shape index (κ1) is 44.8. The van der Waals surface area contributed by atoms with Gasteiger partial charge in [0.1, 0.15) is 12.1 Å². The van der Waals surface area contributed by atoms with Crippen molar-refractivity contribution in [2.75, 3.05) is 41.9 Å². The van der Waals surface area contributed by atoms with E-state index in [-0.39, 0.29) is 42.4 Å². The number of nitrogens with zero attached hydrogens (tertiary/aromatic N) is 3. The first-order valence-corrected chi connectivity index (χ1v) is 19.6. The van der Waals surface area contributed by atoms with Gasteiger partial charge in [-0.25, -0.2) is 4.79 Å². The summed E-state index contributed by atoms with van der Waals surface area (Å²) in [4.78, 5) is 73.0. The van der Waals surface area contributed by atoms with Gasteiger partial charge in [0.2, 0.25) is 23.6 Å². The first-order valence-electron chi connectivity index (χ1n) is 19.6. The molecule has 3 N–H and O–H groups in total. The summed E-state index contributed by atoms with van der Waals surface area (Å²) in [7, 11) is 8.50. The van der Waals surface area contributed by atoms with Gasteiger partial charge in [0.15, 0.2) is 0 Å². The van der Waals surface area contributed by atoms with Crippen LogP contribution in [0.2, 0.25) is 0 Å². The Hall–Kier alpha value is -3.55. The van der Waals surface area contributed by atoms with Crippen LogP contribution in [0.4, 0.5) is 0 Å². The molecule has 2 fully saturated rings. The van der Waals surface area contributed by atoms with Crippen LogP contribution in [0, 0.1) is 17.8 Å². The summed E-state index contributed by atoms with van der Waals surface area (Å²) in [6.45, 7) is 9.64. The lowest BCUT2D eigenvalue weighted by Gasteiger charge is -2.43. The number of likely N-dealkylation sites (N-methyl/N-ethyl adjacent to an activating group) is 2. The molecular formula is C41H67N5O8. The second-order valence-electron chi connectivity index (χ2n) is 16.3. The molecule has 0 unspecified atom stereocenters. The van der Waals surface area contributed by atoms with E-state index in [0.29, 0.717) is 13.0 Å². The molecule has 1 saturated carbocycles. The number of likely N-dealkylation sites (tertiary alicyclic amines) is 1. The Morgan fingerprint density at radius 1 is 0.907 bits per heavy atom. The third kappa shape index (κ3) is 11.3. The molecule has 0 aromatic heterocycles. The van der Waals surface area contributed by atoms with Gasteiger partial charge in [0.25, 0.3) is 0 Å². The number of rotatable bonds is 19. The molecular weight excluding hydrogens is 690 g/mol. The van der Waals surface area contributed by atoms with Crippen molar-refractivity contribution < 1.29 is 38.6 Å². The number of hydrogen-bond donors (Lipinski definition) is 3. The Morgan fingerprint density at radius 3 is 2.07 bits per heavy atom. The molecule has 13 nitrogen and oxygen atoms in total. The zero-order valence-electron chi connectivity index (χ0n) is 34.3. The van der Waals surface area contributed by atoms with Crippen molar-refractivity contribution in [1.29, 1.82) is 0 Å². The van der Waals surface area contributed by atoms with Crippen molar-refractivity contribution in [2.24, 2.45) is 17.8 Å². The lowest BCUT2D eigenvalue weighted by atomic mass is 9.80. The number of ether oxygens (including phenoxy) is 2. The van der Waals surface area contributed by atoms with E-state index >= 15 is 0 Å². The standard InChI is InChI=1S/C41H67N5O8/c1-26(2)34(43-40(52)41(4,5)44(6)7)38(49)45(8)35(29-20-15-12-16-21-29)32(53-9)25-33(47)46-23-17-22-31(46)36(54-10)27(3)37(48)42-30(39(50)51)24-28-18-13-11-14-19-28/h11,13-14,18-19,26-27,29-32,34-36H,12,15-17,20-25H2,1-10H3,(H,42,48)(H,43,52)(H,50,51)/t27-,30+,31+,32-,34+,35+,36-/m1/s1. The number of benzene rings is 1. The second-order valence-corrected chi connectivity index (χ2v) is 16.3. The lowest BCUT2D eigenvalue weighted by Crippen LogP contribution is -2.61. The molecule has 1 aromatic rings. The summed E-state index contributed by atoms with van der Waals surface area (Å²) >= 11 is 0. The molecule has 2 aliphatic rings. The summed E-state index contributed by atoms with van der Waals surface area (Å²) in [6.07, 6.45) is 5.15. The highest BCUT2D eigenvalue weighted by atomic mass is 16.5. The van der Waals surface area contributed by atoms with E-state index < -0.39 is 59.7 Å². The van der Waals surface area contributed by atoms with Gasteiger partial charge >= 0.3 is 5.97 Å². The van der Waals surface area contributed by atoms with Crippen LogP contribution in [0.5, 0.6) is 0 Å². The van der Waals surface area contributed by atoms with E-state index in [1.54, 1.807) is 30.9 Å². The van der Waals surface area contributed by atoms with Crippen LogP contribution >= 0.6 is 0 Å². The molecule has 4 amide bonds. The number of amides is 4. The Kier molecular flexibility index (Phi) is 16.9. The van der Waals surface area contributed by atoms with E-state index in [1.165, 1.54) is 7.11 Å². The third-order valence-electron chi connectivity index (χ3n) is 12.0. The predicted octanol–water partition coefficient (Wildman–Crippen LogP) is 3.73.